The Balaban J connectivity index is 1.69. The van der Waals surface area contributed by atoms with Crippen LogP contribution in [0.15, 0.2) is 17.5 Å². The fourth-order valence-electron chi connectivity index (χ4n) is 2.14. The van der Waals surface area contributed by atoms with Crippen molar-refractivity contribution in [3.8, 4) is 0 Å². The van der Waals surface area contributed by atoms with E-state index >= 15 is 0 Å². The molecule has 0 spiro atoms. The summed E-state index contributed by atoms with van der Waals surface area (Å²) < 4.78 is 0. The van der Waals surface area contributed by atoms with E-state index in [1.54, 1.807) is 11.3 Å². The minimum absolute atomic E-state index is 0.655. The molecule has 21 heavy (non-hydrogen) atoms. The maximum absolute atomic E-state index is 6.24. The van der Waals surface area contributed by atoms with Crippen LogP contribution in [0.4, 0.5) is 5.82 Å². The minimum Gasteiger partial charge on any atom is -0.354 e. The third-order valence-corrected chi connectivity index (χ3v) is 4.66. The molecule has 1 fully saturated rings. The normalized spacial score (nSPS) is 14.4. The predicted molar refractivity (Wildman–Crippen MR) is 88.1 cm³/mol. The lowest BCUT2D eigenvalue weighted by Crippen LogP contribution is -2.20. The number of nitrogens with zero attached hydrogens (tertiary/aromatic N) is 3. The first-order chi connectivity index (χ1) is 10.1. The Morgan fingerprint density at radius 2 is 2.19 bits per heavy atom. The number of nitrogens with one attached hydrogen (secondary N) is 1. The molecule has 0 radical (unpaired) electrons. The zero-order chi connectivity index (χ0) is 14.8. The number of thiazole rings is 1. The highest BCUT2D eigenvalue weighted by Crippen LogP contribution is 2.23. The summed E-state index contributed by atoms with van der Waals surface area (Å²) in [5.74, 6) is 0.928. The van der Waals surface area contributed by atoms with Gasteiger partial charge in [0.2, 0.25) is 0 Å². The summed E-state index contributed by atoms with van der Waals surface area (Å²) in [5, 5.41) is 7.37. The number of hydrogen-bond donors (Lipinski definition) is 1. The van der Waals surface area contributed by atoms with Gasteiger partial charge in [0.15, 0.2) is 0 Å². The molecule has 2 aromatic rings. The Bertz CT molecular complexity index is 624. The van der Waals surface area contributed by atoms with Crippen LogP contribution in [0.3, 0.4) is 0 Å². The first kappa shape index (κ1) is 14.8. The van der Waals surface area contributed by atoms with E-state index in [4.69, 9.17) is 11.6 Å². The Morgan fingerprint density at radius 1 is 1.38 bits per heavy atom. The molecule has 6 heteroatoms. The molecule has 0 atom stereocenters. The standard InChI is InChI=1S/C15H19ClN4S/c1-10-18-12(9-21-10)8-20(2)15-6-5-13(16)14(19-15)7-17-11-3-4-11/h5-6,9,11,17H,3-4,7-8H2,1-2H3. The van der Waals surface area contributed by atoms with Crippen LogP contribution in [0.1, 0.15) is 29.2 Å². The summed E-state index contributed by atoms with van der Waals surface area (Å²) in [7, 11) is 2.03. The van der Waals surface area contributed by atoms with Crippen LogP contribution in [-0.2, 0) is 13.1 Å². The van der Waals surface area contributed by atoms with Gasteiger partial charge in [0.1, 0.15) is 5.82 Å². The van der Waals surface area contributed by atoms with Gasteiger partial charge in [-0.15, -0.1) is 11.3 Å². The molecule has 2 heterocycles. The van der Waals surface area contributed by atoms with Gasteiger partial charge >= 0.3 is 0 Å². The van der Waals surface area contributed by atoms with Gasteiger partial charge < -0.3 is 10.2 Å². The van der Waals surface area contributed by atoms with E-state index in [1.807, 2.05) is 26.1 Å². The van der Waals surface area contributed by atoms with E-state index in [-0.39, 0.29) is 0 Å². The highest BCUT2D eigenvalue weighted by molar-refractivity contribution is 7.09. The van der Waals surface area contributed by atoms with Crippen molar-refractivity contribution in [3.63, 3.8) is 0 Å². The maximum Gasteiger partial charge on any atom is 0.129 e. The Labute approximate surface area is 134 Å². The number of pyridine rings is 1. The quantitative estimate of drug-likeness (QED) is 0.885. The molecule has 1 aliphatic carbocycles. The van der Waals surface area contributed by atoms with Gasteiger partial charge in [-0.1, -0.05) is 11.6 Å². The molecule has 0 unspecified atom stereocenters. The van der Waals surface area contributed by atoms with Crippen molar-refractivity contribution in [2.75, 3.05) is 11.9 Å². The van der Waals surface area contributed by atoms with Crippen LogP contribution >= 0.6 is 22.9 Å². The van der Waals surface area contributed by atoms with Crippen molar-refractivity contribution >= 4 is 28.8 Å². The molecule has 0 amide bonds. The Hall–Kier alpha value is -1.17. The molecule has 0 aliphatic heterocycles. The molecule has 0 bridgehead atoms. The van der Waals surface area contributed by atoms with E-state index in [0.717, 1.165) is 40.3 Å². The van der Waals surface area contributed by atoms with Gasteiger partial charge in [0, 0.05) is 25.0 Å². The summed E-state index contributed by atoms with van der Waals surface area (Å²) in [6.45, 7) is 3.52. The van der Waals surface area contributed by atoms with Crippen molar-refractivity contribution in [2.45, 2.75) is 38.9 Å². The summed E-state index contributed by atoms with van der Waals surface area (Å²) in [5.41, 5.74) is 2.00. The highest BCUT2D eigenvalue weighted by Gasteiger charge is 2.21. The van der Waals surface area contributed by atoms with Gasteiger partial charge in [-0.05, 0) is 31.9 Å². The van der Waals surface area contributed by atoms with Crippen LogP contribution in [0.25, 0.3) is 0 Å². The molecule has 0 saturated heterocycles. The molecule has 2 aromatic heterocycles. The molecule has 112 valence electrons. The van der Waals surface area contributed by atoms with Gasteiger partial charge in [-0.25, -0.2) is 9.97 Å². The summed E-state index contributed by atoms with van der Waals surface area (Å²) in [6.07, 6.45) is 2.53. The molecule has 1 N–H and O–H groups in total. The third kappa shape index (κ3) is 3.93. The second-order valence-corrected chi connectivity index (χ2v) is 6.94. The fourth-order valence-corrected chi connectivity index (χ4v) is 2.92. The molecule has 0 aromatic carbocycles. The lowest BCUT2D eigenvalue weighted by Gasteiger charge is -2.18. The van der Waals surface area contributed by atoms with E-state index in [1.165, 1.54) is 12.8 Å². The average Bonchev–Trinajstić information content (AvgIpc) is 3.20. The number of hydrogen-bond acceptors (Lipinski definition) is 5. The van der Waals surface area contributed by atoms with E-state index < -0.39 is 0 Å². The molecule has 4 nitrogen and oxygen atoms in total. The van der Waals surface area contributed by atoms with Crippen LogP contribution in [0.5, 0.6) is 0 Å². The smallest absolute Gasteiger partial charge is 0.129 e. The van der Waals surface area contributed by atoms with Crippen molar-refractivity contribution in [2.24, 2.45) is 0 Å². The Morgan fingerprint density at radius 3 is 2.86 bits per heavy atom. The fraction of sp³-hybridized carbons (Fsp3) is 0.467. The number of rotatable bonds is 6. The largest absolute Gasteiger partial charge is 0.354 e. The van der Waals surface area contributed by atoms with Crippen molar-refractivity contribution < 1.29 is 0 Å². The molecular formula is C15H19ClN4S. The summed E-state index contributed by atoms with van der Waals surface area (Å²) >= 11 is 7.91. The highest BCUT2D eigenvalue weighted by atomic mass is 35.5. The second-order valence-electron chi connectivity index (χ2n) is 5.47. The monoisotopic (exact) mass is 322 g/mol. The lowest BCUT2D eigenvalue weighted by molar-refractivity contribution is 0.673. The number of aryl methyl sites for hydroxylation is 1. The van der Waals surface area contributed by atoms with E-state index in [0.29, 0.717) is 6.04 Å². The molecule has 1 saturated carbocycles. The average molecular weight is 323 g/mol. The van der Waals surface area contributed by atoms with Gasteiger partial charge in [-0.2, -0.15) is 0 Å². The second kappa shape index (κ2) is 6.30. The zero-order valence-corrected chi connectivity index (χ0v) is 13.8. The molecular weight excluding hydrogens is 304 g/mol. The van der Waals surface area contributed by atoms with Crippen LogP contribution in [0.2, 0.25) is 5.02 Å². The predicted octanol–water partition coefficient (Wildman–Crippen LogP) is 3.39. The minimum atomic E-state index is 0.655. The zero-order valence-electron chi connectivity index (χ0n) is 12.3. The summed E-state index contributed by atoms with van der Waals surface area (Å²) in [6, 6.07) is 4.54. The van der Waals surface area contributed by atoms with Gasteiger partial charge in [0.25, 0.3) is 0 Å². The van der Waals surface area contributed by atoms with Crippen molar-refractivity contribution in [1.29, 1.82) is 0 Å². The SMILES string of the molecule is Cc1nc(CN(C)c2ccc(Cl)c(CNC3CC3)n2)cs1. The molecule has 1 aliphatic rings. The van der Waals surface area contributed by atoms with E-state index in [9.17, 15) is 0 Å². The Kier molecular flexibility index (Phi) is 4.42. The first-order valence-electron chi connectivity index (χ1n) is 7.13. The summed E-state index contributed by atoms with van der Waals surface area (Å²) in [4.78, 5) is 11.3. The maximum atomic E-state index is 6.24. The van der Waals surface area contributed by atoms with Crippen molar-refractivity contribution in [1.82, 2.24) is 15.3 Å². The van der Waals surface area contributed by atoms with Crippen LogP contribution in [-0.4, -0.2) is 23.1 Å². The van der Waals surface area contributed by atoms with Gasteiger partial charge in [0.05, 0.1) is 28.0 Å². The molecule has 3 rings (SSSR count). The van der Waals surface area contributed by atoms with Crippen LogP contribution in [0, 0.1) is 6.92 Å². The number of anilines is 1. The van der Waals surface area contributed by atoms with E-state index in [2.05, 4.69) is 25.6 Å². The van der Waals surface area contributed by atoms with Crippen molar-refractivity contribution in [3.05, 3.63) is 38.9 Å². The topological polar surface area (TPSA) is 41.1 Å². The van der Waals surface area contributed by atoms with Crippen LogP contribution < -0.4 is 10.2 Å². The van der Waals surface area contributed by atoms with Gasteiger partial charge in [-0.3, -0.25) is 0 Å². The number of halogens is 1. The lowest BCUT2D eigenvalue weighted by atomic mass is 10.3. The third-order valence-electron chi connectivity index (χ3n) is 3.50. The first-order valence-corrected chi connectivity index (χ1v) is 8.38. The number of aromatic nitrogens is 2.